The molecule has 0 unspecified atom stereocenters. The highest BCUT2D eigenvalue weighted by Gasteiger charge is 2.25. The molecule has 8 nitrogen and oxygen atoms in total. The van der Waals surface area contributed by atoms with Crippen molar-refractivity contribution >= 4 is 56.1 Å². The van der Waals surface area contributed by atoms with E-state index in [0.717, 1.165) is 41.6 Å². The summed E-state index contributed by atoms with van der Waals surface area (Å²) in [7, 11) is 1.72. The molecule has 0 radical (unpaired) electrons. The Balaban J connectivity index is 1.58. The number of carbonyl (C=O) groups is 1. The Morgan fingerprint density at radius 3 is 2.83 bits per heavy atom. The lowest BCUT2D eigenvalue weighted by Gasteiger charge is -2.26. The molecule has 1 aliphatic heterocycles. The number of fused-ring (bicyclic) bond motifs is 2. The Bertz CT molecular complexity index is 1370. The molecule has 1 aliphatic rings. The van der Waals surface area contributed by atoms with Crippen LogP contribution in [0.4, 0.5) is 11.5 Å². The first kappa shape index (κ1) is 23.3. The van der Waals surface area contributed by atoms with Crippen molar-refractivity contribution in [1.82, 2.24) is 9.88 Å². The van der Waals surface area contributed by atoms with Crippen LogP contribution in [-0.2, 0) is 0 Å². The largest absolute Gasteiger partial charge is 0.456 e. The molecule has 3 aromatic heterocycles. The lowest BCUT2D eigenvalue weighted by atomic mass is 10.0. The molecular formula is C26H30N6O2S. The first-order valence-electron chi connectivity index (χ1n) is 12.0. The number of primary amides is 1. The van der Waals surface area contributed by atoms with E-state index in [9.17, 15) is 4.79 Å². The summed E-state index contributed by atoms with van der Waals surface area (Å²) in [6, 6.07) is 9.82. The summed E-state index contributed by atoms with van der Waals surface area (Å²) in [6.45, 7) is 4.18. The summed E-state index contributed by atoms with van der Waals surface area (Å²) in [5.41, 5.74) is 14.7. The molecule has 0 saturated carbocycles. The number of likely N-dealkylation sites (tertiary alicyclic amines) is 1. The summed E-state index contributed by atoms with van der Waals surface area (Å²) in [5.74, 6) is 0.766. The van der Waals surface area contributed by atoms with Crippen molar-refractivity contribution in [3.05, 3.63) is 40.8 Å². The molecule has 1 fully saturated rings. The molecule has 4 aromatic rings. The molecule has 4 heterocycles. The van der Waals surface area contributed by atoms with Gasteiger partial charge in [0.1, 0.15) is 26.9 Å². The maximum Gasteiger partial charge on any atom is 0.260 e. The van der Waals surface area contributed by atoms with E-state index in [1.54, 1.807) is 13.3 Å². The summed E-state index contributed by atoms with van der Waals surface area (Å²) in [5, 5.41) is 5.15. The Labute approximate surface area is 208 Å². The monoisotopic (exact) mass is 490 g/mol. The van der Waals surface area contributed by atoms with Crippen LogP contribution < -0.4 is 16.8 Å². The maximum atomic E-state index is 12.1. The van der Waals surface area contributed by atoms with E-state index in [1.165, 1.54) is 43.7 Å². The number of aliphatic imine (C=N–C) groups is 1. The normalized spacial score (nSPS) is 14.9. The van der Waals surface area contributed by atoms with Gasteiger partial charge in [-0.05, 0) is 51.0 Å². The van der Waals surface area contributed by atoms with Gasteiger partial charge in [-0.25, -0.2) is 4.98 Å². The molecule has 5 N–H and O–H groups in total. The van der Waals surface area contributed by atoms with Gasteiger partial charge in [-0.3, -0.25) is 9.79 Å². The second-order valence-corrected chi connectivity index (χ2v) is 9.86. The highest BCUT2D eigenvalue weighted by Crippen LogP contribution is 2.44. The van der Waals surface area contributed by atoms with Gasteiger partial charge in [-0.1, -0.05) is 24.6 Å². The number of nitrogens with one attached hydrogen (secondary N) is 1. The predicted molar refractivity (Wildman–Crippen MR) is 145 cm³/mol. The van der Waals surface area contributed by atoms with Crippen molar-refractivity contribution in [2.45, 2.75) is 25.7 Å². The number of nitrogens with zero attached hydrogens (tertiary/aromatic N) is 3. The third-order valence-corrected chi connectivity index (χ3v) is 7.57. The van der Waals surface area contributed by atoms with E-state index in [1.807, 2.05) is 30.3 Å². The van der Waals surface area contributed by atoms with Crippen LogP contribution >= 0.6 is 11.3 Å². The number of piperidine rings is 1. The van der Waals surface area contributed by atoms with Gasteiger partial charge in [0.25, 0.3) is 5.91 Å². The zero-order valence-electron chi connectivity index (χ0n) is 19.8. The van der Waals surface area contributed by atoms with Crippen molar-refractivity contribution in [2.24, 2.45) is 10.7 Å². The van der Waals surface area contributed by atoms with E-state index >= 15 is 0 Å². The van der Waals surface area contributed by atoms with E-state index in [2.05, 4.69) is 15.2 Å². The van der Waals surface area contributed by atoms with Gasteiger partial charge in [-0.2, -0.15) is 0 Å². The van der Waals surface area contributed by atoms with Crippen LogP contribution in [0.25, 0.3) is 32.5 Å². The number of anilines is 2. The minimum absolute atomic E-state index is 0.298. The Morgan fingerprint density at radius 2 is 2.09 bits per heavy atom. The number of hydrogen-bond donors (Lipinski definition) is 3. The van der Waals surface area contributed by atoms with Crippen LogP contribution in [0, 0.1) is 0 Å². The molecule has 0 spiro atoms. The number of aromatic nitrogens is 1. The molecule has 35 heavy (non-hydrogen) atoms. The lowest BCUT2D eigenvalue weighted by molar-refractivity contribution is 0.100. The van der Waals surface area contributed by atoms with Crippen molar-refractivity contribution in [2.75, 3.05) is 44.3 Å². The fraction of sp³-hybridized carbons (Fsp3) is 0.346. The van der Waals surface area contributed by atoms with Crippen LogP contribution in [0.5, 0.6) is 0 Å². The molecule has 182 valence electrons. The molecule has 9 heteroatoms. The molecule has 0 aliphatic carbocycles. The van der Waals surface area contributed by atoms with Crippen molar-refractivity contribution < 1.29 is 9.21 Å². The Morgan fingerprint density at radius 1 is 1.29 bits per heavy atom. The molecule has 5 rings (SSSR count). The number of pyridine rings is 1. The van der Waals surface area contributed by atoms with Crippen molar-refractivity contribution in [3.8, 4) is 11.3 Å². The fourth-order valence-corrected chi connectivity index (χ4v) is 5.75. The number of benzene rings is 1. The van der Waals surface area contributed by atoms with Gasteiger partial charge < -0.3 is 26.1 Å². The van der Waals surface area contributed by atoms with E-state index in [0.29, 0.717) is 32.4 Å². The number of para-hydroxylation sites is 1. The van der Waals surface area contributed by atoms with E-state index in [-0.39, 0.29) is 0 Å². The molecule has 1 saturated heterocycles. The van der Waals surface area contributed by atoms with Gasteiger partial charge in [0.2, 0.25) is 0 Å². The van der Waals surface area contributed by atoms with Crippen LogP contribution in [0.15, 0.2) is 39.7 Å². The summed E-state index contributed by atoms with van der Waals surface area (Å²) in [6.07, 6.45) is 6.67. The van der Waals surface area contributed by atoms with E-state index < -0.39 is 5.91 Å². The standard InChI is InChI=1S/C26H30N6O2S/c1-29-15-17-20(19-14-16-8-3-4-9-18(16)34-19)21-22(27)23(24(28)33)35-26(21)31-25(17)30-10-7-13-32-11-5-2-6-12-32/h3-4,8-9,14-15H,2,5-7,10-13,27H2,1H3,(H2,28,33)(H,30,31). The van der Waals surface area contributed by atoms with Crippen molar-refractivity contribution in [3.63, 3.8) is 0 Å². The quantitative estimate of drug-likeness (QED) is 0.242. The topological polar surface area (TPSA) is 123 Å². The number of thiophene rings is 1. The zero-order chi connectivity index (χ0) is 24.4. The Hall–Kier alpha value is -3.43. The summed E-state index contributed by atoms with van der Waals surface area (Å²) < 4.78 is 6.24. The average molecular weight is 491 g/mol. The second kappa shape index (κ2) is 10.1. The minimum atomic E-state index is -0.567. The van der Waals surface area contributed by atoms with Crippen LogP contribution in [0.1, 0.15) is 40.9 Å². The van der Waals surface area contributed by atoms with Gasteiger partial charge in [0, 0.05) is 41.7 Å². The van der Waals surface area contributed by atoms with Gasteiger partial charge in [-0.15, -0.1) is 11.3 Å². The lowest BCUT2D eigenvalue weighted by Crippen LogP contribution is -2.31. The first-order valence-corrected chi connectivity index (χ1v) is 12.8. The number of furan rings is 1. The van der Waals surface area contributed by atoms with Crippen LogP contribution in [-0.4, -0.2) is 55.2 Å². The average Bonchev–Trinajstić information content (AvgIpc) is 3.44. The Kier molecular flexibility index (Phi) is 6.70. The van der Waals surface area contributed by atoms with Crippen LogP contribution in [0.3, 0.4) is 0 Å². The third-order valence-electron chi connectivity index (χ3n) is 6.46. The van der Waals surface area contributed by atoms with Gasteiger partial charge >= 0.3 is 0 Å². The fourth-order valence-electron chi connectivity index (χ4n) is 4.79. The third kappa shape index (κ3) is 4.61. The summed E-state index contributed by atoms with van der Waals surface area (Å²) in [4.78, 5) is 24.7. The molecule has 0 bridgehead atoms. The molecular weight excluding hydrogens is 460 g/mol. The number of nitrogen functional groups attached to an aromatic ring is 1. The van der Waals surface area contributed by atoms with Gasteiger partial charge in [0.15, 0.2) is 0 Å². The summed E-state index contributed by atoms with van der Waals surface area (Å²) >= 11 is 1.21. The molecule has 0 atom stereocenters. The first-order chi connectivity index (χ1) is 17.1. The van der Waals surface area contributed by atoms with Gasteiger partial charge in [0.05, 0.1) is 5.69 Å². The maximum absolute atomic E-state index is 12.1. The zero-order valence-corrected chi connectivity index (χ0v) is 20.7. The number of amides is 1. The molecule has 1 amide bonds. The van der Waals surface area contributed by atoms with Crippen molar-refractivity contribution in [1.29, 1.82) is 0 Å². The van der Waals surface area contributed by atoms with E-state index in [4.69, 9.17) is 20.9 Å². The van der Waals surface area contributed by atoms with Crippen LogP contribution in [0.2, 0.25) is 0 Å². The SMILES string of the molecule is CN=Cc1c(NCCCN2CCCCC2)nc2sc(C(N)=O)c(N)c2c1-c1cc2ccccc2o1. The number of hydrogen-bond acceptors (Lipinski definition) is 8. The minimum Gasteiger partial charge on any atom is -0.456 e. The smallest absolute Gasteiger partial charge is 0.260 e. The highest BCUT2D eigenvalue weighted by molar-refractivity contribution is 7.21. The number of carbonyl (C=O) groups excluding carboxylic acids is 1. The number of nitrogens with two attached hydrogens (primary N) is 2. The predicted octanol–water partition coefficient (Wildman–Crippen LogP) is 4.73. The second-order valence-electron chi connectivity index (χ2n) is 8.86. The number of rotatable bonds is 8. The molecule has 1 aromatic carbocycles. The highest BCUT2D eigenvalue weighted by atomic mass is 32.1.